The van der Waals surface area contributed by atoms with Crippen LogP contribution in [0.1, 0.15) is 0 Å². The van der Waals surface area contributed by atoms with Crippen molar-refractivity contribution < 1.29 is 19.0 Å². The van der Waals surface area contributed by atoms with Gasteiger partial charge in [0.25, 0.3) is 6.71 Å². The molecule has 77 heavy (non-hydrogen) atoms. The average Bonchev–Trinajstić information content (AvgIpc) is 4.33. The molecule has 11 aromatic carbocycles. The molecular formula is C68H41BN4O4. The number of para-hydroxylation sites is 7. The molecule has 2 aliphatic heterocycles. The number of aromatic nitrogens is 4. The summed E-state index contributed by atoms with van der Waals surface area (Å²) in [4.78, 5) is 11.1. The van der Waals surface area contributed by atoms with E-state index < -0.39 is 0 Å². The van der Waals surface area contributed by atoms with Crippen molar-refractivity contribution in [1.29, 1.82) is 0 Å². The SMILES string of the molecule is Oc1ccccc1-c1nc2c(-c3cc(-c4nc5ccccc5n4-c4ccccc4-c4ccccc4)c4oc5cc6c(cc5c4c3)Oc3cccc4c3B6c3ccccc3O4)cccc2n1-c1ccccc1-c1ccccc1. The Morgan fingerprint density at radius 2 is 0.961 bits per heavy atom. The van der Waals surface area contributed by atoms with E-state index in [-0.39, 0.29) is 12.5 Å². The maximum absolute atomic E-state index is 11.6. The molecule has 0 bridgehead atoms. The molecule has 0 saturated carbocycles. The molecular weight excluding hydrogens is 948 g/mol. The fourth-order valence-electron chi connectivity index (χ4n) is 12.0. The average molecular weight is 989 g/mol. The lowest BCUT2D eigenvalue weighted by atomic mass is 9.35. The van der Waals surface area contributed by atoms with Crippen LogP contribution in [0, 0.1) is 0 Å². The minimum absolute atomic E-state index is 0.139. The number of nitrogens with zero attached hydrogens (tertiary/aromatic N) is 4. The highest BCUT2D eigenvalue weighted by molar-refractivity contribution is 6.98. The summed E-state index contributed by atoms with van der Waals surface area (Å²) in [5, 5.41) is 13.4. The van der Waals surface area contributed by atoms with Crippen molar-refractivity contribution >= 4 is 67.1 Å². The molecule has 0 saturated heterocycles. The van der Waals surface area contributed by atoms with Gasteiger partial charge in [-0.1, -0.05) is 158 Å². The van der Waals surface area contributed by atoms with Gasteiger partial charge >= 0.3 is 0 Å². The number of aromatic hydroxyl groups is 1. The molecule has 0 radical (unpaired) electrons. The summed E-state index contributed by atoms with van der Waals surface area (Å²) in [5.41, 5.74) is 17.4. The zero-order valence-electron chi connectivity index (χ0n) is 41.1. The zero-order valence-corrected chi connectivity index (χ0v) is 41.1. The third-order valence-electron chi connectivity index (χ3n) is 15.4. The van der Waals surface area contributed by atoms with Crippen LogP contribution in [0.15, 0.2) is 247 Å². The van der Waals surface area contributed by atoms with Gasteiger partial charge in [0.1, 0.15) is 51.6 Å². The lowest BCUT2D eigenvalue weighted by molar-refractivity contribution is 0.464. The number of rotatable bonds is 7. The van der Waals surface area contributed by atoms with E-state index in [0.29, 0.717) is 17.0 Å². The first-order valence-electron chi connectivity index (χ1n) is 25.8. The third-order valence-corrected chi connectivity index (χ3v) is 15.4. The largest absolute Gasteiger partial charge is 0.507 e. The number of fused-ring (bicyclic) bond motifs is 9. The Kier molecular flexibility index (Phi) is 9.41. The minimum Gasteiger partial charge on any atom is -0.507 e. The monoisotopic (exact) mass is 988 g/mol. The summed E-state index contributed by atoms with van der Waals surface area (Å²) in [6, 6.07) is 83.0. The number of ether oxygens (including phenoxy) is 2. The Hall–Kier alpha value is -10.4. The van der Waals surface area contributed by atoms with Gasteiger partial charge in [0, 0.05) is 32.9 Å². The summed E-state index contributed by atoms with van der Waals surface area (Å²) in [7, 11) is 0. The topological polar surface area (TPSA) is 87.5 Å². The van der Waals surface area contributed by atoms with Gasteiger partial charge in [0.15, 0.2) is 0 Å². The summed E-state index contributed by atoms with van der Waals surface area (Å²) in [6.45, 7) is -0.140. The molecule has 0 amide bonds. The molecule has 9 heteroatoms. The highest BCUT2D eigenvalue weighted by atomic mass is 16.5. The standard InChI is InChI=1S/C68H41BN4O4/c74-58-33-15-9-25-47(58)67-71-65-46(26-17-32-57(65)73(67)55-30-13-8-24-45(55)42-21-5-2-6-22-42)43-37-49-48-39-63-52(69-51-27-10-16-34-59(51)75-60-35-18-36-61(76-63)64(60)69)40-62(48)77-66(49)50(38-43)68-70-53-28-11-14-31-56(53)72(68)54-29-12-7-23-44(54)41-19-3-1-4-20-41/h1-40,74H. The Balaban J connectivity index is 0.997. The van der Waals surface area contributed by atoms with Crippen molar-refractivity contribution in [2.45, 2.75) is 0 Å². The van der Waals surface area contributed by atoms with Crippen molar-refractivity contribution in [2.24, 2.45) is 0 Å². The van der Waals surface area contributed by atoms with Gasteiger partial charge in [-0.05, 0) is 113 Å². The molecule has 14 aromatic rings. The van der Waals surface area contributed by atoms with Crippen molar-refractivity contribution in [3.63, 3.8) is 0 Å². The predicted molar refractivity (Wildman–Crippen MR) is 310 cm³/mol. The van der Waals surface area contributed by atoms with Crippen LogP contribution < -0.4 is 25.9 Å². The van der Waals surface area contributed by atoms with Crippen LogP contribution in [0.4, 0.5) is 0 Å². The Bertz CT molecular complexity index is 4730. The number of furan rings is 1. The van der Waals surface area contributed by atoms with Crippen LogP contribution in [-0.2, 0) is 0 Å². The first kappa shape index (κ1) is 43.1. The van der Waals surface area contributed by atoms with Crippen LogP contribution in [0.5, 0.6) is 28.7 Å². The quantitative estimate of drug-likeness (QED) is 0.160. The van der Waals surface area contributed by atoms with E-state index in [1.165, 1.54) is 0 Å². The van der Waals surface area contributed by atoms with E-state index in [1.54, 1.807) is 6.07 Å². The molecule has 1 N–H and O–H groups in total. The fraction of sp³-hybridized carbons (Fsp3) is 0. The molecule has 5 heterocycles. The molecule has 360 valence electrons. The van der Waals surface area contributed by atoms with E-state index in [2.05, 4.69) is 179 Å². The lowest BCUT2D eigenvalue weighted by Crippen LogP contribution is -2.57. The first-order chi connectivity index (χ1) is 38.1. The van der Waals surface area contributed by atoms with E-state index in [4.69, 9.17) is 23.9 Å². The molecule has 0 spiro atoms. The van der Waals surface area contributed by atoms with Gasteiger partial charge in [0.05, 0.1) is 44.6 Å². The first-order valence-corrected chi connectivity index (χ1v) is 25.8. The molecule has 0 aliphatic carbocycles. The zero-order chi connectivity index (χ0) is 50.7. The highest BCUT2D eigenvalue weighted by Crippen LogP contribution is 2.46. The van der Waals surface area contributed by atoms with Crippen LogP contribution in [0.25, 0.3) is 112 Å². The van der Waals surface area contributed by atoms with E-state index in [1.807, 2.05) is 66.7 Å². The molecule has 0 unspecified atom stereocenters. The number of hydrogen-bond acceptors (Lipinski definition) is 6. The second-order valence-electron chi connectivity index (χ2n) is 19.7. The summed E-state index contributed by atoms with van der Waals surface area (Å²) in [6.07, 6.45) is 0. The summed E-state index contributed by atoms with van der Waals surface area (Å²) in [5.74, 6) is 4.62. The smallest absolute Gasteiger partial charge is 0.260 e. The van der Waals surface area contributed by atoms with Gasteiger partial charge in [-0.25, -0.2) is 9.97 Å². The summed E-state index contributed by atoms with van der Waals surface area (Å²) >= 11 is 0. The molecule has 16 rings (SSSR count). The molecule has 8 nitrogen and oxygen atoms in total. The number of phenols is 1. The van der Waals surface area contributed by atoms with Gasteiger partial charge in [-0.15, -0.1) is 0 Å². The highest BCUT2D eigenvalue weighted by Gasteiger charge is 2.40. The number of imidazole rings is 2. The van der Waals surface area contributed by atoms with Crippen LogP contribution in [-0.4, -0.2) is 30.9 Å². The number of phenolic OH excluding ortho intramolecular Hbond substituents is 1. The number of hydrogen-bond donors (Lipinski definition) is 1. The second kappa shape index (κ2) is 16.8. The van der Waals surface area contributed by atoms with Crippen molar-refractivity contribution in [3.05, 3.63) is 243 Å². The van der Waals surface area contributed by atoms with Crippen LogP contribution in [0.2, 0.25) is 0 Å². The van der Waals surface area contributed by atoms with Crippen LogP contribution in [0.3, 0.4) is 0 Å². The number of benzene rings is 11. The lowest BCUT2D eigenvalue weighted by Gasteiger charge is -2.32. The predicted octanol–water partition coefficient (Wildman–Crippen LogP) is 15.0. The molecule has 3 aromatic heterocycles. The third kappa shape index (κ3) is 6.60. The van der Waals surface area contributed by atoms with E-state index in [9.17, 15) is 5.11 Å². The Morgan fingerprint density at radius 3 is 1.71 bits per heavy atom. The second-order valence-corrected chi connectivity index (χ2v) is 19.7. The van der Waals surface area contributed by atoms with Crippen molar-refractivity contribution in [3.8, 4) is 96.3 Å². The Labute approximate surface area is 442 Å². The summed E-state index contributed by atoms with van der Waals surface area (Å²) < 4.78 is 25.2. The Morgan fingerprint density at radius 1 is 0.390 bits per heavy atom. The van der Waals surface area contributed by atoms with Crippen molar-refractivity contribution in [2.75, 3.05) is 0 Å². The van der Waals surface area contributed by atoms with Gasteiger partial charge in [-0.3, -0.25) is 9.13 Å². The normalized spacial score (nSPS) is 12.4. The van der Waals surface area contributed by atoms with E-state index in [0.717, 1.165) is 134 Å². The minimum atomic E-state index is -0.140. The maximum atomic E-state index is 11.6. The van der Waals surface area contributed by atoms with E-state index >= 15 is 0 Å². The van der Waals surface area contributed by atoms with Crippen molar-refractivity contribution in [1.82, 2.24) is 19.1 Å². The van der Waals surface area contributed by atoms with Crippen LogP contribution >= 0.6 is 0 Å². The molecule has 2 aliphatic rings. The van der Waals surface area contributed by atoms with Gasteiger partial charge in [-0.2, -0.15) is 0 Å². The van der Waals surface area contributed by atoms with Gasteiger partial charge in [0.2, 0.25) is 0 Å². The maximum Gasteiger partial charge on any atom is 0.260 e. The fourth-order valence-corrected chi connectivity index (χ4v) is 12.0. The molecule has 0 atom stereocenters. The van der Waals surface area contributed by atoms with Gasteiger partial charge < -0.3 is 19.0 Å². The molecule has 0 fully saturated rings.